The van der Waals surface area contributed by atoms with Gasteiger partial charge >= 0.3 is 5.97 Å². The molecule has 0 aliphatic rings. The van der Waals surface area contributed by atoms with E-state index in [-0.39, 0.29) is 26.9 Å². The van der Waals surface area contributed by atoms with Gasteiger partial charge in [-0.05, 0) is 48.5 Å². The van der Waals surface area contributed by atoms with Crippen molar-refractivity contribution < 1.29 is 19.1 Å². The van der Waals surface area contributed by atoms with E-state index >= 15 is 0 Å². The Morgan fingerprint density at radius 2 is 1.36 bits per heavy atom. The summed E-state index contributed by atoms with van der Waals surface area (Å²) in [6.45, 7) is 0. The van der Waals surface area contributed by atoms with Crippen molar-refractivity contribution in [2.75, 3.05) is 0 Å². The van der Waals surface area contributed by atoms with Crippen molar-refractivity contribution in [3.05, 3.63) is 104 Å². The molecule has 0 spiro atoms. The number of carbonyl (C=O) groups excluding carboxylic acids is 3. The van der Waals surface area contributed by atoms with Crippen molar-refractivity contribution in [2.24, 2.45) is 0 Å². The van der Waals surface area contributed by atoms with E-state index in [2.05, 4.69) is 10.9 Å². The number of amides is 2. The molecule has 0 aromatic heterocycles. The number of benzene rings is 3. The second-order valence-corrected chi connectivity index (χ2v) is 8.14. The smallest absolute Gasteiger partial charge is 0.345 e. The maximum atomic E-state index is 12.5. The first-order valence-corrected chi connectivity index (χ1v) is 10.8. The lowest BCUT2D eigenvalue weighted by atomic mass is 10.2. The number of para-hydroxylation sites is 1. The highest BCUT2D eigenvalue weighted by atomic mass is 35.5. The highest BCUT2D eigenvalue weighted by molar-refractivity contribution is 6.37. The molecule has 0 unspecified atom stereocenters. The lowest BCUT2D eigenvalue weighted by Gasteiger charge is -2.09. The molecule has 168 valence electrons. The summed E-state index contributed by atoms with van der Waals surface area (Å²) in [5, 5.41) is 1.05. The van der Waals surface area contributed by atoms with Crippen molar-refractivity contribution in [2.45, 2.75) is 0 Å². The molecule has 10 heteroatoms. The van der Waals surface area contributed by atoms with E-state index in [0.717, 1.165) is 6.08 Å². The number of rotatable bonds is 5. The van der Waals surface area contributed by atoms with Gasteiger partial charge in [0.2, 0.25) is 0 Å². The number of halogens is 4. The fourth-order valence-electron chi connectivity index (χ4n) is 2.59. The van der Waals surface area contributed by atoms with Crippen LogP contribution in [0, 0.1) is 0 Å². The summed E-state index contributed by atoms with van der Waals surface area (Å²) in [7, 11) is 0. The van der Waals surface area contributed by atoms with Crippen LogP contribution in [0.5, 0.6) is 5.75 Å². The van der Waals surface area contributed by atoms with Crippen molar-refractivity contribution in [3.8, 4) is 5.75 Å². The van der Waals surface area contributed by atoms with Crippen molar-refractivity contribution in [1.82, 2.24) is 10.9 Å². The van der Waals surface area contributed by atoms with Crippen LogP contribution >= 0.6 is 46.4 Å². The molecule has 3 aromatic carbocycles. The van der Waals surface area contributed by atoms with Gasteiger partial charge in [0.25, 0.3) is 11.8 Å². The van der Waals surface area contributed by atoms with E-state index in [4.69, 9.17) is 51.1 Å². The molecule has 33 heavy (non-hydrogen) atoms. The Morgan fingerprint density at radius 3 is 2.00 bits per heavy atom. The third-order valence-electron chi connectivity index (χ3n) is 4.16. The van der Waals surface area contributed by atoms with Gasteiger partial charge in [0, 0.05) is 21.7 Å². The van der Waals surface area contributed by atoms with E-state index in [1.807, 2.05) is 0 Å². The fourth-order valence-corrected chi connectivity index (χ4v) is 3.57. The summed E-state index contributed by atoms with van der Waals surface area (Å²) in [4.78, 5) is 36.8. The highest BCUT2D eigenvalue weighted by Gasteiger charge is 2.15. The molecule has 0 atom stereocenters. The van der Waals surface area contributed by atoms with E-state index in [1.165, 1.54) is 42.5 Å². The Balaban J connectivity index is 1.64. The standard InChI is InChI=1S/C23H14Cl4N2O4/c24-14-6-8-16(18(26)11-14)22(31)29-28-21(30)10-5-13-3-1-2-4-20(13)33-23(32)17-9-7-15(25)12-19(17)27/h1-12H,(H,28,30)(H,29,31)/b10-5+. The topological polar surface area (TPSA) is 84.5 Å². The van der Waals surface area contributed by atoms with Gasteiger partial charge in [0.1, 0.15) is 5.75 Å². The first-order valence-electron chi connectivity index (χ1n) is 9.24. The van der Waals surface area contributed by atoms with Crippen LogP contribution in [0.25, 0.3) is 6.08 Å². The Labute approximate surface area is 209 Å². The van der Waals surface area contributed by atoms with Crippen LogP contribution in [0.4, 0.5) is 0 Å². The molecule has 0 aliphatic heterocycles. The van der Waals surface area contributed by atoms with E-state index in [9.17, 15) is 14.4 Å². The first-order chi connectivity index (χ1) is 15.7. The summed E-state index contributed by atoms with van der Waals surface area (Å²) >= 11 is 23.7. The highest BCUT2D eigenvalue weighted by Crippen LogP contribution is 2.25. The number of esters is 1. The number of ether oxygens (including phenoxy) is 1. The third-order valence-corrected chi connectivity index (χ3v) is 5.26. The number of nitrogens with one attached hydrogen (secondary N) is 2. The molecule has 2 N–H and O–H groups in total. The Bertz CT molecular complexity index is 1260. The Morgan fingerprint density at radius 1 is 0.758 bits per heavy atom. The van der Waals surface area contributed by atoms with Crippen LogP contribution in [0.1, 0.15) is 26.3 Å². The molecule has 3 aromatic rings. The summed E-state index contributed by atoms with van der Waals surface area (Å²) in [6.07, 6.45) is 2.58. The van der Waals surface area contributed by atoms with Crippen LogP contribution in [0.3, 0.4) is 0 Å². The zero-order valence-corrected chi connectivity index (χ0v) is 19.6. The van der Waals surface area contributed by atoms with E-state index in [1.54, 1.807) is 24.3 Å². The van der Waals surface area contributed by atoms with Crippen LogP contribution in [-0.4, -0.2) is 17.8 Å². The molecule has 0 saturated heterocycles. The largest absolute Gasteiger partial charge is 0.422 e. The molecule has 0 saturated carbocycles. The van der Waals surface area contributed by atoms with E-state index < -0.39 is 17.8 Å². The number of hydrogen-bond acceptors (Lipinski definition) is 4. The zero-order valence-electron chi connectivity index (χ0n) is 16.6. The van der Waals surface area contributed by atoms with Crippen LogP contribution in [0.2, 0.25) is 20.1 Å². The van der Waals surface area contributed by atoms with Gasteiger partial charge in [0.05, 0.1) is 21.2 Å². The average Bonchev–Trinajstić information content (AvgIpc) is 2.76. The normalized spacial score (nSPS) is 10.7. The summed E-state index contributed by atoms with van der Waals surface area (Å²) in [5.74, 6) is -1.73. The molecule has 2 amide bonds. The fraction of sp³-hybridized carbons (Fsp3) is 0. The minimum Gasteiger partial charge on any atom is -0.422 e. The summed E-state index contributed by atoms with van der Waals surface area (Å²) in [6, 6.07) is 15.3. The molecular formula is C23H14Cl4N2O4. The molecule has 6 nitrogen and oxygen atoms in total. The zero-order chi connectivity index (χ0) is 24.0. The Kier molecular flexibility index (Phi) is 8.36. The minimum atomic E-state index is -0.686. The second-order valence-electron chi connectivity index (χ2n) is 6.45. The summed E-state index contributed by atoms with van der Waals surface area (Å²) < 4.78 is 5.42. The molecule has 0 heterocycles. The minimum absolute atomic E-state index is 0.140. The summed E-state index contributed by atoms with van der Waals surface area (Å²) in [5.41, 5.74) is 5.21. The molecule has 0 radical (unpaired) electrons. The molecule has 0 bridgehead atoms. The predicted molar refractivity (Wildman–Crippen MR) is 129 cm³/mol. The lowest BCUT2D eigenvalue weighted by molar-refractivity contribution is -0.117. The molecule has 0 fully saturated rings. The maximum absolute atomic E-state index is 12.5. The maximum Gasteiger partial charge on any atom is 0.345 e. The van der Waals surface area contributed by atoms with Gasteiger partial charge < -0.3 is 4.74 Å². The van der Waals surface area contributed by atoms with Gasteiger partial charge in [-0.2, -0.15) is 0 Å². The molecule has 3 rings (SSSR count). The number of hydrazine groups is 1. The quantitative estimate of drug-likeness (QED) is 0.186. The average molecular weight is 524 g/mol. The molecule has 0 aliphatic carbocycles. The first kappa shape index (κ1) is 24.6. The van der Waals surface area contributed by atoms with Gasteiger partial charge in [-0.15, -0.1) is 0 Å². The molecular weight excluding hydrogens is 510 g/mol. The van der Waals surface area contributed by atoms with Crippen molar-refractivity contribution >= 4 is 70.3 Å². The third kappa shape index (κ3) is 6.73. The van der Waals surface area contributed by atoms with Crippen LogP contribution in [0.15, 0.2) is 66.7 Å². The van der Waals surface area contributed by atoms with Gasteiger partial charge in [-0.3, -0.25) is 20.4 Å². The van der Waals surface area contributed by atoms with Gasteiger partial charge in [0.15, 0.2) is 0 Å². The lowest BCUT2D eigenvalue weighted by Crippen LogP contribution is -2.40. The second kappa shape index (κ2) is 11.2. The van der Waals surface area contributed by atoms with Gasteiger partial charge in [-0.1, -0.05) is 64.6 Å². The predicted octanol–water partition coefficient (Wildman–Crippen LogP) is 5.99. The van der Waals surface area contributed by atoms with Crippen molar-refractivity contribution in [3.63, 3.8) is 0 Å². The van der Waals surface area contributed by atoms with Crippen molar-refractivity contribution in [1.29, 1.82) is 0 Å². The Hall–Kier alpha value is -3.03. The van der Waals surface area contributed by atoms with E-state index in [0.29, 0.717) is 15.6 Å². The SMILES string of the molecule is O=C(/C=C/c1ccccc1OC(=O)c1ccc(Cl)cc1Cl)NNC(=O)c1ccc(Cl)cc1Cl. The van der Waals surface area contributed by atoms with Gasteiger partial charge in [-0.25, -0.2) is 4.79 Å². The monoisotopic (exact) mass is 522 g/mol. The number of carbonyl (C=O) groups is 3. The van der Waals surface area contributed by atoms with Crippen LogP contribution < -0.4 is 15.6 Å². The van der Waals surface area contributed by atoms with Crippen LogP contribution in [-0.2, 0) is 4.79 Å². The number of hydrogen-bond donors (Lipinski definition) is 2.